The highest BCUT2D eigenvalue weighted by molar-refractivity contribution is 5.35. The molecule has 0 aromatic heterocycles. The Morgan fingerprint density at radius 3 is 2.37 bits per heavy atom. The van der Waals surface area contributed by atoms with Gasteiger partial charge in [-0.3, -0.25) is 0 Å². The average molecular weight is 282 g/mol. The average Bonchev–Trinajstić information content (AvgIpc) is 2.93. The Morgan fingerprint density at radius 2 is 1.89 bits per heavy atom. The quantitative estimate of drug-likeness (QED) is 0.859. The Hall–Kier alpha value is -1.37. The largest absolute Gasteiger partial charge is 0.493 e. The number of alkyl halides is 5. The molecule has 1 N–H and O–H groups in total. The van der Waals surface area contributed by atoms with Crippen LogP contribution in [-0.4, -0.2) is 17.6 Å². The van der Waals surface area contributed by atoms with Crippen LogP contribution in [0.3, 0.4) is 0 Å². The number of ether oxygens (including phenoxy) is 1. The molecule has 2 nitrogen and oxygen atoms in total. The third-order valence-electron chi connectivity index (χ3n) is 2.88. The van der Waals surface area contributed by atoms with Gasteiger partial charge in [-0.15, -0.1) is 0 Å². The SMILES string of the molecule is OCc1cc(OCC2CC2(F)F)cc(C(F)(F)F)c1. The zero-order chi connectivity index (χ0) is 14.3. The van der Waals surface area contributed by atoms with Crippen molar-refractivity contribution in [3.05, 3.63) is 29.3 Å². The van der Waals surface area contributed by atoms with E-state index in [1.165, 1.54) is 6.07 Å². The van der Waals surface area contributed by atoms with E-state index in [1.807, 2.05) is 0 Å². The standard InChI is InChI=1S/C12H11F5O2/c13-11(14)4-9(11)6-19-10-2-7(5-18)1-8(3-10)12(15,16)17/h1-3,9,18H,4-6H2. The second kappa shape index (κ2) is 4.63. The Kier molecular flexibility index (Phi) is 3.42. The van der Waals surface area contributed by atoms with Crippen molar-refractivity contribution >= 4 is 0 Å². The lowest BCUT2D eigenvalue weighted by Gasteiger charge is -2.12. The summed E-state index contributed by atoms with van der Waals surface area (Å²) in [5.74, 6) is -3.89. The summed E-state index contributed by atoms with van der Waals surface area (Å²) >= 11 is 0. The van der Waals surface area contributed by atoms with E-state index in [4.69, 9.17) is 9.84 Å². The highest BCUT2D eigenvalue weighted by atomic mass is 19.4. The van der Waals surface area contributed by atoms with Crippen molar-refractivity contribution in [3.63, 3.8) is 0 Å². The van der Waals surface area contributed by atoms with Gasteiger partial charge in [0.05, 0.1) is 24.7 Å². The van der Waals surface area contributed by atoms with Gasteiger partial charge in [-0.05, 0) is 23.8 Å². The molecule has 1 fully saturated rings. The first-order chi connectivity index (χ1) is 8.72. The monoisotopic (exact) mass is 282 g/mol. The minimum Gasteiger partial charge on any atom is -0.493 e. The summed E-state index contributed by atoms with van der Waals surface area (Å²) < 4.78 is 67.9. The van der Waals surface area contributed by atoms with E-state index in [0.717, 1.165) is 12.1 Å². The van der Waals surface area contributed by atoms with Gasteiger partial charge in [-0.2, -0.15) is 13.2 Å². The minimum absolute atomic E-state index is 0.0207. The van der Waals surface area contributed by atoms with Crippen LogP contribution in [-0.2, 0) is 12.8 Å². The van der Waals surface area contributed by atoms with Crippen LogP contribution in [0, 0.1) is 5.92 Å². The molecular formula is C12H11F5O2. The molecule has 1 aromatic carbocycles. The first kappa shape index (κ1) is 14.0. The van der Waals surface area contributed by atoms with Gasteiger partial charge in [-0.1, -0.05) is 0 Å². The van der Waals surface area contributed by atoms with E-state index in [9.17, 15) is 22.0 Å². The Labute approximate surface area is 105 Å². The molecule has 19 heavy (non-hydrogen) atoms. The summed E-state index contributed by atoms with van der Waals surface area (Å²) in [6.45, 7) is -0.918. The molecule has 0 radical (unpaired) electrons. The van der Waals surface area contributed by atoms with Crippen LogP contribution < -0.4 is 4.74 Å². The van der Waals surface area contributed by atoms with Crippen LogP contribution in [0.5, 0.6) is 5.75 Å². The number of halogens is 5. The molecule has 0 spiro atoms. The fourth-order valence-electron chi connectivity index (χ4n) is 1.65. The molecule has 1 aliphatic rings. The second-order valence-electron chi connectivity index (χ2n) is 4.49. The lowest BCUT2D eigenvalue weighted by atomic mass is 10.1. The maximum absolute atomic E-state index is 12.6. The number of hydrogen-bond acceptors (Lipinski definition) is 2. The van der Waals surface area contributed by atoms with Crippen molar-refractivity contribution in [2.24, 2.45) is 5.92 Å². The van der Waals surface area contributed by atoms with Gasteiger partial charge in [0, 0.05) is 6.42 Å². The molecule has 1 aromatic rings. The minimum atomic E-state index is -4.58. The number of benzene rings is 1. The van der Waals surface area contributed by atoms with Gasteiger partial charge in [0.2, 0.25) is 0 Å². The van der Waals surface area contributed by atoms with Crippen LogP contribution in [0.15, 0.2) is 18.2 Å². The molecule has 1 saturated carbocycles. The lowest BCUT2D eigenvalue weighted by molar-refractivity contribution is -0.137. The molecule has 0 bridgehead atoms. The number of aliphatic hydroxyl groups is 1. The third kappa shape index (κ3) is 3.34. The molecule has 2 rings (SSSR count). The summed E-state index contributed by atoms with van der Waals surface area (Å²) in [4.78, 5) is 0. The fraction of sp³-hybridized carbons (Fsp3) is 0.500. The number of rotatable bonds is 4. The highest BCUT2D eigenvalue weighted by Gasteiger charge is 2.57. The van der Waals surface area contributed by atoms with Gasteiger partial charge in [0.1, 0.15) is 5.75 Å². The summed E-state index contributed by atoms with van der Waals surface area (Å²) in [6, 6.07) is 2.73. The van der Waals surface area contributed by atoms with E-state index in [-0.39, 0.29) is 24.3 Å². The van der Waals surface area contributed by atoms with Gasteiger partial charge in [0.15, 0.2) is 0 Å². The predicted octanol–water partition coefficient (Wildman–Crippen LogP) is 3.23. The van der Waals surface area contributed by atoms with Crippen molar-refractivity contribution in [1.82, 2.24) is 0 Å². The van der Waals surface area contributed by atoms with Gasteiger partial charge >= 0.3 is 6.18 Å². The second-order valence-corrected chi connectivity index (χ2v) is 4.49. The Morgan fingerprint density at radius 1 is 1.26 bits per heavy atom. The van der Waals surface area contributed by atoms with Gasteiger partial charge < -0.3 is 9.84 Å². The molecule has 0 aliphatic heterocycles. The molecule has 1 atom stereocenters. The molecule has 0 amide bonds. The van der Waals surface area contributed by atoms with E-state index >= 15 is 0 Å². The first-order valence-electron chi connectivity index (χ1n) is 5.55. The number of aliphatic hydroxyl groups excluding tert-OH is 1. The van der Waals surface area contributed by atoms with Crippen molar-refractivity contribution in [2.45, 2.75) is 25.1 Å². The van der Waals surface area contributed by atoms with E-state index in [2.05, 4.69) is 0 Å². The number of hydrogen-bond donors (Lipinski definition) is 1. The van der Waals surface area contributed by atoms with Crippen molar-refractivity contribution in [2.75, 3.05) is 6.61 Å². The normalized spacial score (nSPS) is 21.3. The highest BCUT2D eigenvalue weighted by Crippen LogP contribution is 2.48. The smallest absolute Gasteiger partial charge is 0.416 e. The van der Waals surface area contributed by atoms with E-state index in [0.29, 0.717) is 0 Å². The molecule has 0 saturated heterocycles. The maximum Gasteiger partial charge on any atom is 0.416 e. The van der Waals surface area contributed by atoms with E-state index in [1.54, 1.807) is 0 Å². The third-order valence-corrected chi connectivity index (χ3v) is 2.88. The van der Waals surface area contributed by atoms with Crippen LogP contribution in [0.4, 0.5) is 22.0 Å². The summed E-state index contributed by atoms with van der Waals surface area (Å²) in [7, 11) is 0. The molecular weight excluding hydrogens is 271 g/mol. The maximum atomic E-state index is 12.6. The zero-order valence-corrected chi connectivity index (χ0v) is 9.68. The molecule has 1 unspecified atom stereocenters. The summed E-state index contributed by atoms with van der Waals surface area (Å²) in [5, 5.41) is 8.88. The topological polar surface area (TPSA) is 29.5 Å². The Bertz CT molecular complexity index is 470. The van der Waals surface area contributed by atoms with Crippen molar-refractivity contribution in [3.8, 4) is 5.75 Å². The van der Waals surface area contributed by atoms with Crippen LogP contribution in [0.25, 0.3) is 0 Å². The van der Waals surface area contributed by atoms with Gasteiger partial charge in [0.25, 0.3) is 5.92 Å². The zero-order valence-electron chi connectivity index (χ0n) is 9.68. The molecule has 106 valence electrons. The van der Waals surface area contributed by atoms with Crippen LogP contribution in [0.2, 0.25) is 0 Å². The van der Waals surface area contributed by atoms with Gasteiger partial charge in [-0.25, -0.2) is 8.78 Å². The first-order valence-corrected chi connectivity index (χ1v) is 5.55. The predicted molar refractivity (Wildman–Crippen MR) is 55.9 cm³/mol. The summed E-state index contributed by atoms with van der Waals surface area (Å²) in [6.07, 6.45) is -4.88. The van der Waals surface area contributed by atoms with E-state index < -0.39 is 30.2 Å². The van der Waals surface area contributed by atoms with Crippen molar-refractivity contribution in [1.29, 1.82) is 0 Å². The summed E-state index contributed by atoms with van der Waals surface area (Å²) in [5.41, 5.74) is -0.955. The molecule has 7 heteroatoms. The van der Waals surface area contributed by atoms with Crippen LogP contribution >= 0.6 is 0 Å². The lowest BCUT2D eigenvalue weighted by Crippen LogP contribution is -2.09. The van der Waals surface area contributed by atoms with Crippen LogP contribution in [0.1, 0.15) is 17.5 Å². The van der Waals surface area contributed by atoms with Crippen molar-refractivity contribution < 1.29 is 31.8 Å². The fourth-order valence-corrected chi connectivity index (χ4v) is 1.65. The molecule has 1 aliphatic carbocycles. The Balaban J connectivity index is 2.11. The molecule has 0 heterocycles.